The molecule has 0 saturated carbocycles. The van der Waals surface area contributed by atoms with Crippen LogP contribution < -0.4 is 0 Å². The van der Waals surface area contributed by atoms with Crippen molar-refractivity contribution in [3.05, 3.63) is 70.8 Å². The van der Waals surface area contributed by atoms with Gasteiger partial charge in [0.2, 0.25) is 0 Å². The molecule has 0 aliphatic carbocycles. The van der Waals surface area contributed by atoms with Gasteiger partial charge in [-0.15, -0.1) is 0 Å². The summed E-state index contributed by atoms with van der Waals surface area (Å²) < 4.78 is 3.02. The molecule has 0 bridgehead atoms. The van der Waals surface area contributed by atoms with Crippen molar-refractivity contribution in [1.82, 2.24) is 0 Å². The third kappa shape index (κ3) is 0.271. The maximum atomic E-state index is 4.21. The minimum atomic E-state index is -3.02. The molecule has 4 spiro atoms. The Labute approximate surface area is 331 Å². The fourth-order valence-electron chi connectivity index (χ4n) is 68.1. The summed E-state index contributed by atoms with van der Waals surface area (Å²) in [5, 5.41) is 0. The minimum absolute atomic E-state index is 0.754. The molecule has 40 aliphatic heterocycles. The summed E-state index contributed by atoms with van der Waals surface area (Å²) in [6.07, 6.45) is 0. The normalized spacial score (nSPS) is 125. The summed E-state index contributed by atoms with van der Waals surface area (Å²) in [5.74, 6) is 32.3. The van der Waals surface area contributed by atoms with Crippen molar-refractivity contribution in [2.24, 2.45) is 0 Å². The predicted octanol–water partition coefficient (Wildman–Crippen LogP) is 15.8. The van der Waals surface area contributed by atoms with E-state index in [2.05, 4.69) is 95.9 Å². The third-order valence-corrected chi connectivity index (χ3v) is 231. The van der Waals surface area contributed by atoms with Crippen LogP contribution in [0.2, 0.25) is 191 Å². The van der Waals surface area contributed by atoms with Gasteiger partial charge in [-0.1, -0.05) is 0 Å². The first-order valence-corrected chi connectivity index (χ1v) is 52.8. The van der Waals surface area contributed by atoms with E-state index in [0.717, 1.165) is 17.3 Å². The van der Waals surface area contributed by atoms with Gasteiger partial charge in [-0.25, -0.2) is 0 Å². The van der Waals surface area contributed by atoms with Crippen LogP contribution in [0, 0.1) is 47.4 Å². The number of benzene rings is 2. The number of rotatable bonds is 0. The van der Waals surface area contributed by atoms with Crippen LogP contribution in [0.5, 0.6) is 0 Å². The van der Waals surface area contributed by atoms with Gasteiger partial charge in [0.15, 0.2) is 0 Å². The van der Waals surface area contributed by atoms with Crippen molar-refractivity contribution in [2.45, 2.75) is 191 Å². The summed E-state index contributed by atoms with van der Waals surface area (Å²) in [6, 6.07) is 18.6. The molecule has 0 radical (unpaired) electrons. The molecule has 0 aromatic heterocycles. The molecular weight excluding hydrogens is 944 g/mol. The molecule has 316 valence electrons. The topological polar surface area (TPSA) is 0 Å². The summed E-state index contributed by atoms with van der Waals surface area (Å²) in [7, 11) is 0. The molecule has 64 heavy (non-hydrogen) atoms. The van der Waals surface area contributed by atoms with Crippen LogP contribution in [0.25, 0.3) is 0 Å². The second kappa shape index (κ2) is 1.99. The fourth-order valence-corrected chi connectivity index (χ4v) is 360. The van der Waals surface area contributed by atoms with E-state index >= 15 is 0 Å². The maximum absolute atomic E-state index is 4.21. The van der Waals surface area contributed by atoms with E-state index in [4.69, 9.17) is 0 Å². The van der Waals surface area contributed by atoms with E-state index in [1.165, 1.54) is 196 Å². The van der Waals surface area contributed by atoms with Crippen molar-refractivity contribution in [1.29, 1.82) is 0 Å². The average Bonchev–Trinajstić information content (AvgIpc) is 4.28. The van der Waals surface area contributed by atoms with Gasteiger partial charge < -0.3 is 0 Å². The Hall–Kier alpha value is -1.24. The molecule has 2 aromatic carbocycles. The van der Waals surface area contributed by atoms with Gasteiger partial charge in [0, 0.05) is 0 Å². The predicted molar refractivity (Wildman–Crippen MR) is 226 cm³/mol. The van der Waals surface area contributed by atoms with Gasteiger partial charge in [0.05, 0.1) is 0 Å². The zero-order valence-electron chi connectivity index (χ0n) is 34.8. The first kappa shape index (κ1) is 22.7. The van der Waals surface area contributed by atoms with Crippen LogP contribution in [0.1, 0.15) is 22.3 Å². The van der Waals surface area contributed by atoms with Crippen LogP contribution in [0.3, 0.4) is 0 Å². The molecule has 40 aliphatic rings. The summed E-state index contributed by atoms with van der Waals surface area (Å²) in [6.45, 7) is -12.1. The van der Waals surface area contributed by atoms with E-state index < -0.39 is 26.0 Å². The molecule has 40 fully saturated rings. The van der Waals surface area contributed by atoms with Crippen molar-refractivity contribution >= 4 is 0 Å². The monoisotopic (exact) mass is 988 g/mol. The molecule has 16 unspecified atom stereocenters. The van der Waals surface area contributed by atoms with Gasteiger partial charge in [-0.3, -0.25) is 0 Å². The Balaban J connectivity index is 0.0000000805. The van der Waals surface area contributed by atoms with Crippen LogP contribution in [0.15, 0.2) is 48.5 Å². The first-order chi connectivity index (χ1) is 30.5. The molecule has 2 aromatic rings. The second-order valence-electron chi connectivity index (χ2n) is 42.9. The summed E-state index contributed by atoms with van der Waals surface area (Å²) in [4.78, 5) is 49.7. The molecule has 0 amide bonds. The molecule has 4 heteroatoms. The molecule has 0 nitrogen and oxygen atoms in total. The summed E-state index contributed by atoms with van der Waals surface area (Å²) in [5.41, 5.74) is 5.27. The second-order valence-corrected chi connectivity index (χ2v) is 137. The van der Waals surface area contributed by atoms with Crippen LogP contribution in [-0.2, 0) is 26.0 Å². The van der Waals surface area contributed by atoms with Crippen LogP contribution >= 0.6 is 0 Å². The quantitative estimate of drug-likeness (QED) is 0.182. The van der Waals surface area contributed by atoms with Crippen LogP contribution in [0.4, 0.5) is 0 Å². The van der Waals surface area contributed by atoms with E-state index in [0.29, 0.717) is 0 Å². The van der Waals surface area contributed by atoms with Crippen LogP contribution in [-0.4, -0.2) is 0 Å². The SMILES string of the molecule is C(#C[C]12[CH]3[CH]4[CH]5[CH]1[Fe]45321678[CH]2[CH]1[CH]6[CH]7[CH]28)c1cccc(C#C[C]23[CH]4[CH]5[CH]6[CH]2[Fe]56432789[CH]3[CH]2[CH]7[CH]8[CH]39)c1.C(#C[C]12[CH]3[CH]4[CH]5[CH]1[Fe]45321678[CH]2[CH]1[CH]6[CH]7[CH]28)c1cccc(C#C[C]23[CH]4[CH]5[CH]6[CH]2[Fe]56432789[CH]3[CH]2[CH]7[CH]8[CH]39)c1. The van der Waals surface area contributed by atoms with Gasteiger partial charge >= 0.3 is 335 Å². The van der Waals surface area contributed by atoms with Gasteiger partial charge in [0.1, 0.15) is 0 Å². The molecule has 16 atom stereocenters. The standard InChI is InChI=1S/2C20H12.4C5H5.4Fe/c2*1-2-7-17(6-1)12-14-19-10-5-11-20(16-19)15-13-18-8-3-4-9-18;4*1-2-4-5-3-1;;;;/h2*1-11,16H;4*1-5H;;;;. The van der Waals surface area contributed by atoms with Crippen molar-refractivity contribution < 1.29 is 26.0 Å². The van der Waals surface area contributed by atoms with E-state index in [-0.39, 0.29) is 0 Å². The Morgan fingerprint density at radius 3 is 0.547 bits per heavy atom. The average molecular weight is 988 g/mol. The molecule has 40 heterocycles. The Morgan fingerprint density at radius 2 is 0.422 bits per heavy atom. The first-order valence-electron chi connectivity index (χ1n) is 27.7. The Bertz CT molecular complexity index is 4960. The molecular formula is C60H44Fe4. The number of hydrogen-bond donors (Lipinski definition) is 0. The summed E-state index contributed by atoms with van der Waals surface area (Å²) >= 11 is 0. The fraction of sp³-hybridized carbons (Fsp3) is 0.667. The van der Waals surface area contributed by atoms with Gasteiger partial charge in [-0.2, -0.15) is 0 Å². The molecule has 42 rings (SSSR count). The Morgan fingerprint density at radius 1 is 0.250 bits per heavy atom. The van der Waals surface area contributed by atoms with E-state index in [1.807, 2.05) is 0 Å². The number of hydrogen-bond acceptors (Lipinski definition) is 0. The Kier molecular flexibility index (Phi) is 0.704. The van der Waals surface area contributed by atoms with Crippen molar-refractivity contribution in [2.75, 3.05) is 0 Å². The van der Waals surface area contributed by atoms with Gasteiger partial charge in [-0.05, 0) is 0 Å². The van der Waals surface area contributed by atoms with Crippen molar-refractivity contribution in [3.8, 4) is 47.4 Å². The third-order valence-electron chi connectivity index (χ3n) is 62.0. The van der Waals surface area contributed by atoms with Crippen molar-refractivity contribution in [3.63, 3.8) is 0 Å². The zero-order valence-corrected chi connectivity index (χ0v) is 39.2. The number of fused-ring (bicyclic) bond motifs is 40. The van der Waals surface area contributed by atoms with E-state index in [9.17, 15) is 0 Å². The zero-order chi connectivity index (χ0) is 37.7. The molecule has 0 N–H and O–H groups in total. The van der Waals surface area contributed by atoms with Gasteiger partial charge in [0.25, 0.3) is 0 Å². The molecule has 40 saturated heterocycles. The van der Waals surface area contributed by atoms with E-state index in [1.54, 1.807) is 0 Å².